The molecule has 1 radical (unpaired) electrons. The molecule has 0 aromatic carbocycles. The molecule has 1 heteroatoms. The molecule has 2 aliphatic rings. The van der Waals surface area contributed by atoms with E-state index in [9.17, 15) is 0 Å². The van der Waals surface area contributed by atoms with E-state index >= 15 is 0 Å². The van der Waals surface area contributed by atoms with E-state index in [-0.39, 0.29) is 0 Å². The third-order valence-electron chi connectivity index (χ3n) is 1.62. The van der Waals surface area contributed by atoms with Gasteiger partial charge in [-0.2, -0.15) is 0 Å². The van der Waals surface area contributed by atoms with Crippen molar-refractivity contribution in [2.75, 3.05) is 0 Å². The predicted octanol–water partition coefficient (Wildman–Crippen LogP) is 1.99. The van der Waals surface area contributed by atoms with Crippen molar-refractivity contribution in [3.8, 4) is 0 Å². The molecule has 1 heterocycles. The Kier molecular flexibility index (Phi) is 0.971. The lowest BCUT2D eigenvalue weighted by Crippen LogP contribution is -2.01. The maximum atomic E-state index is 3.27. The first-order chi connectivity index (χ1) is 3.97. The van der Waals surface area contributed by atoms with Gasteiger partial charge >= 0.3 is 0 Å². The van der Waals surface area contributed by atoms with Crippen LogP contribution < -0.4 is 0 Å². The Hall–Kier alpha value is -0.170. The molecule has 0 N–H and O–H groups in total. The second-order valence-electron chi connectivity index (χ2n) is 2.15. The van der Waals surface area contributed by atoms with Crippen molar-refractivity contribution >= 4 is 11.8 Å². The van der Waals surface area contributed by atoms with Gasteiger partial charge in [-0.15, -0.1) is 11.8 Å². The minimum absolute atomic E-state index is 0.653. The summed E-state index contributed by atoms with van der Waals surface area (Å²) in [7, 11) is 0. The largest absolute Gasteiger partial charge is 0.129 e. The molecule has 0 spiro atoms. The normalized spacial score (nSPS) is 41.0. The molecule has 2 rings (SSSR count). The number of allylic oxidation sites excluding steroid dienone is 3. The van der Waals surface area contributed by atoms with Gasteiger partial charge in [0.15, 0.2) is 0 Å². The molecule has 8 heavy (non-hydrogen) atoms. The fourth-order valence-electron chi connectivity index (χ4n) is 1.14. The zero-order valence-electron chi connectivity index (χ0n) is 4.50. The van der Waals surface area contributed by atoms with E-state index in [0.29, 0.717) is 5.92 Å². The van der Waals surface area contributed by atoms with Gasteiger partial charge in [0.25, 0.3) is 0 Å². The maximum Gasteiger partial charge on any atom is 0.0227 e. The summed E-state index contributed by atoms with van der Waals surface area (Å²) in [5.41, 5.74) is 0. The molecule has 41 valence electrons. The van der Waals surface area contributed by atoms with Crippen LogP contribution in [0.15, 0.2) is 17.6 Å². The summed E-state index contributed by atoms with van der Waals surface area (Å²) in [6.07, 6.45) is 9.02. The minimum atomic E-state index is 0.653. The van der Waals surface area contributed by atoms with Crippen LogP contribution in [0.5, 0.6) is 0 Å². The molecule has 1 aliphatic heterocycles. The summed E-state index contributed by atoms with van der Waals surface area (Å²) in [4.78, 5) is 0. The monoisotopic (exact) mass is 123 g/mol. The van der Waals surface area contributed by atoms with E-state index in [1.807, 2.05) is 11.8 Å². The van der Waals surface area contributed by atoms with Gasteiger partial charge in [0, 0.05) is 11.2 Å². The number of hydrogen-bond donors (Lipinski definition) is 0. The van der Waals surface area contributed by atoms with Gasteiger partial charge in [-0.05, 0) is 17.9 Å². The molecule has 2 atom stereocenters. The first kappa shape index (κ1) is 4.68. The summed E-state index contributed by atoms with van der Waals surface area (Å²) in [6, 6.07) is 0. The van der Waals surface area contributed by atoms with Crippen molar-refractivity contribution in [3.63, 3.8) is 0 Å². The van der Waals surface area contributed by atoms with Gasteiger partial charge in [-0.25, -0.2) is 0 Å². The lowest BCUT2D eigenvalue weighted by molar-refractivity contribution is 0.792. The van der Waals surface area contributed by atoms with Crippen LogP contribution in [-0.2, 0) is 0 Å². The van der Waals surface area contributed by atoms with Crippen LogP contribution in [0.1, 0.15) is 6.42 Å². The Labute approximate surface area is 53.7 Å². The summed E-state index contributed by atoms with van der Waals surface area (Å²) >= 11 is 1.91. The van der Waals surface area contributed by atoms with Crippen LogP contribution in [0, 0.1) is 12.0 Å². The molecular formula is C7H7S. The molecular weight excluding hydrogens is 116 g/mol. The molecule has 2 unspecified atom stereocenters. The summed E-state index contributed by atoms with van der Waals surface area (Å²) < 4.78 is 0. The molecule has 0 bridgehead atoms. The maximum absolute atomic E-state index is 3.27. The molecule has 1 aliphatic carbocycles. The van der Waals surface area contributed by atoms with Gasteiger partial charge in [-0.1, -0.05) is 12.2 Å². The number of fused-ring (bicyclic) bond motifs is 1. The first-order valence-corrected chi connectivity index (χ1v) is 3.81. The highest BCUT2D eigenvalue weighted by molar-refractivity contribution is 8.03. The van der Waals surface area contributed by atoms with E-state index in [1.54, 1.807) is 0 Å². The van der Waals surface area contributed by atoms with E-state index in [2.05, 4.69) is 23.6 Å². The molecule has 0 aromatic heterocycles. The second kappa shape index (κ2) is 1.66. The van der Waals surface area contributed by atoms with E-state index in [0.717, 1.165) is 5.25 Å². The molecule has 0 saturated heterocycles. The van der Waals surface area contributed by atoms with Gasteiger partial charge in [0.2, 0.25) is 0 Å². The van der Waals surface area contributed by atoms with Crippen molar-refractivity contribution < 1.29 is 0 Å². The van der Waals surface area contributed by atoms with Crippen molar-refractivity contribution in [2.45, 2.75) is 11.7 Å². The Balaban J connectivity index is 2.22. The van der Waals surface area contributed by atoms with Crippen LogP contribution >= 0.6 is 11.8 Å². The highest BCUT2D eigenvalue weighted by Gasteiger charge is 2.23. The minimum Gasteiger partial charge on any atom is -0.129 e. The fraction of sp³-hybridized carbons (Fsp3) is 0.429. The van der Waals surface area contributed by atoms with E-state index in [1.165, 1.54) is 6.42 Å². The first-order valence-electron chi connectivity index (χ1n) is 2.87. The SMILES string of the molecule is [C]1=CSC2CC=CC12. The lowest BCUT2D eigenvalue weighted by atomic mass is 10.1. The zero-order chi connectivity index (χ0) is 5.40. The lowest BCUT2D eigenvalue weighted by Gasteiger charge is -2.03. The molecule has 0 saturated carbocycles. The zero-order valence-corrected chi connectivity index (χ0v) is 5.32. The van der Waals surface area contributed by atoms with E-state index < -0.39 is 0 Å². The van der Waals surface area contributed by atoms with Crippen molar-refractivity contribution in [2.24, 2.45) is 5.92 Å². The van der Waals surface area contributed by atoms with Crippen LogP contribution in [-0.4, -0.2) is 5.25 Å². The number of hydrogen-bond acceptors (Lipinski definition) is 1. The van der Waals surface area contributed by atoms with Crippen molar-refractivity contribution in [1.82, 2.24) is 0 Å². The average Bonchev–Trinajstić information content (AvgIpc) is 2.15. The molecule has 0 nitrogen and oxygen atoms in total. The van der Waals surface area contributed by atoms with Gasteiger partial charge in [0.05, 0.1) is 0 Å². The van der Waals surface area contributed by atoms with Crippen molar-refractivity contribution in [1.29, 1.82) is 0 Å². The van der Waals surface area contributed by atoms with Crippen LogP contribution in [0.4, 0.5) is 0 Å². The summed E-state index contributed by atoms with van der Waals surface area (Å²) in [6.45, 7) is 0. The van der Waals surface area contributed by atoms with Gasteiger partial charge in [-0.3, -0.25) is 0 Å². The topological polar surface area (TPSA) is 0 Å². The highest BCUT2D eigenvalue weighted by atomic mass is 32.2. The molecule has 0 aromatic rings. The van der Waals surface area contributed by atoms with E-state index in [4.69, 9.17) is 0 Å². The van der Waals surface area contributed by atoms with Gasteiger partial charge in [0.1, 0.15) is 0 Å². The second-order valence-corrected chi connectivity index (χ2v) is 3.26. The smallest absolute Gasteiger partial charge is 0.0227 e. The average molecular weight is 123 g/mol. The molecule has 0 amide bonds. The third-order valence-corrected chi connectivity index (χ3v) is 2.72. The van der Waals surface area contributed by atoms with Crippen LogP contribution in [0.25, 0.3) is 0 Å². The predicted molar refractivity (Wildman–Crippen MR) is 36.4 cm³/mol. The van der Waals surface area contributed by atoms with Crippen molar-refractivity contribution in [3.05, 3.63) is 23.6 Å². The summed E-state index contributed by atoms with van der Waals surface area (Å²) in [5.74, 6) is 0.653. The summed E-state index contributed by atoms with van der Waals surface area (Å²) in [5, 5.41) is 2.91. The number of rotatable bonds is 0. The molecule has 0 fully saturated rings. The Morgan fingerprint density at radius 1 is 1.62 bits per heavy atom. The fourth-order valence-corrected chi connectivity index (χ4v) is 2.11. The van der Waals surface area contributed by atoms with Crippen LogP contribution in [0.2, 0.25) is 0 Å². The standard InChI is InChI=1S/C7H7S/c1-2-6-4-5-8-7(6)3-1/h1-2,5-7H,3H2. The number of thioether (sulfide) groups is 1. The quantitative estimate of drug-likeness (QED) is 0.444. The Bertz CT molecular complexity index is 130. The highest BCUT2D eigenvalue weighted by Crippen LogP contribution is 2.36. The Morgan fingerprint density at radius 2 is 2.62 bits per heavy atom. The third kappa shape index (κ3) is 0.543. The van der Waals surface area contributed by atoms with Gasteiger partial charge < -0.3 is 0 Å². The Morgan fingerprint density at radius 3 is 3.50 bits per heavy atom. The van der Waals surface area contributed by atoms with Crippen LogP contribution in [0.3, 0.4) is 0 Å².